The van der Waals surface area contributed by atoms with E-state index in [1.165, 1.54) is 12.1 Å². The molecule has 1 fully saturated rings. The van der Waals surface area contributed by atoms with Gasteiger partial charge in [-0.15, -0.1) is 0 Å². The van der Waals surface area contributed by atoms with Crippen molar-refractivity contribution < 1.29 is 16.8 Å². The molecule has 0 bridgehead atoms. The highest BCUT2D eigenvalue weighted by Gasteiger charge is 2.21. The smallest absolute Gasteiger partial charge is 0.240 e. The van der Waals surface area contributed by atoms with Crippen molar-refractivity contribution in [2.75, 3.05) is 25.4 Å². The molecule has 1 aliphatic heterocycles. The molecule has 1 heterocycles. The molecule has 0 spiro atoms. The molecule has 1 unspecified atom stereocenters. The van der Waals surface area contributed by atoms with Gasteiger partial charge in [0.25, 0.3) is 0 Å². The minimum atomic E-state index is -3.67. The van der Waals surface area contributed by atoms with Gasteiger partial charge in [0.1, 0.15) is 0 Å². The maximum absolute atomic E-state index is 12.0. The van der Waals surface area contributed by atoms with Gasteiger partial charge in [-0.25, -0.2) is 26.3 Å². The average Bonchev–Trinajstić information content (AvgIpc) is 2.48. The molecule has 1 atom stereocenters. The molecule has 0 radical (unpaired) electrons. The Morgan fingerprint density at radius 1 is 1.14 bits per heavy atom. The highest BCUT2D eigenvalue weighted by atomic mass is 32.2. The van der Waals surface area contributed by atoms with Crippen molar-refractivity contribution in [2.24, 2.45) is 0 Å². The van der Waals surface area contributed by atoms with Gasteiger partial charge in [0.2, 0.25) is 20.0 Å². The zero-order valence-electron chi connectivity index (χ0n) is 12.2. The summed E-state index contributed by atoms with van der Waals surface area (Å²) < 4.78 is 52.7. The van der Waals surface area contributed by atoms with E-state index in [2.05, 4.69) is 14.8 Å². The van der Waals surface area contributed by atoms with Crippen molar-refractivity contribution in [1.82, 2.24) is 14.8 Å². The van der Waals surface area contributed by atoms with Gasteiger partial charge in [-0.2, -0.15) is 0 Å². The summed E-state index contributed by atoms with van der Waals surface area (Å²) in [7, 11) is -7.17. The highest BCUT2D eigenvalue weighted by molar-refractivity contribution is 7.90. The number of sulfonamides is 2. The second kappa shape index (κ2) is 7.51. The first kappa shape index (κ1) is 17.4. The lowest BCUT2D eigenvalue weighted by Gasteiger charge is -2.23. The van der Waals surface area contributed by atoms with Gasteiger partial charge in [-0.3, -0.25) is 0 Å². The van der Waals surface area contributed by atoms with E-state index in [0.717, 1.165) is 19.4 Å². The third kappa shape index (κ3) is 5.33. The summed E-state index contributed by atoms with van der Waals surface area (Å²) in [6, 6.07) is 7.74. The topological polar surface area (TPSA) is 104 Å². The minimum Gasteiger partial charge on any atom is -0.315 e. The molecule has 1 aromatic carbocycles. The summed E-state index contributed by atoms with van der Waals surface area (Å²) >= 11 is 0. The molecule has 0 aromatic heterocycles. The first-order chi connectivity index (χ1) is 10.4. The maximum Gasteiger partial charge on any atom is 0.240 e. The van der Waals surface area contributed by atoms with E-state index in [4.69, 9.17) is 0 Å². The normalized spacial score (nSPS) is 19.9. The van der Waals surface area contributed by atoms with Crippen LogP contribution in [0.3, 0.4) is 0 Å². The molecule has 124 valence electrons. The zero-order chi connectivity index (χ0) is 16.1. The summed E-state index contributed by atoms with van der Waals surface area (Å²) in [5.41, 5.74) is 0. The lowest BCUT2D eigenvalue weighted by atomic mass is 10.1. The molecule has 0 amide bonds. The van der Waals surface area contributed by atoms with Crippen molar-refractivity contribution in [3.63, 3.8) is 0 Å². The van der Waals surface area contributed by atoms with Crippen LogP contribution in [0.25, 0.3) is 0 Å². The largest absolute Gasteiger partial charge is 0.315 e. The second-order valence-electron chi connectivity index (χ2n) is 5.19. The number of piperidine rings is 1. The third-order valence-electron chi connectivity index (χ3n) is 3.36. The Morgan fingerprint density at radius 2 is 1.86 bits per heavy atom. The highest BCUT2D eigenvalue weighted by Crippen LogP contribution is 2.07. The zero-order valence-corrected chi connectivity index (χ0v) is 13.8. The molecular weight excluding hydrogens is 326 g/mol. The van der Waals surface area contributed by atoms with E-state index in [-0.39, 0.29) is 23.2 Å². The van der Waals surface area contributed by atoms with Gasteiger partial charge in [-0.05, 0) is 31.5 Å². The summed E-state index contributed by atoms with van der Waals surface area (Å²) in [5, 5.41) is 3.12. The van der Waals surface area contributed by atoms with Crippen LogP contribution in [0.15, 0.2) is 35.2 Å². The van der Waals surface area contributed by atoms with Gasteiger partial charge >= 0.3 is 0 Å². The molecular formula is C13H21N3O4S2. The van der Waals surface area contributed by atoms with E-state index < -0.39 is 20.0 Å². The maximum atomic E-state index is 12.0. The Bertz CT molecular complexity index is 668. The first-order valence-corrected chi connectivity index (χ1v) is 10.3. The molecule has 0 aliphatic carbocycles. The predicted molar refractivity (Wildman–Crippen MR) is 84.4 cm³/mol. The lowest BCUT2D eigenvalue weighted by Crippen LogP contribution is -2.47. The number of rotatable bonds is 7. The summed E-state index contributed by atoms with van der Waals surface area (Å²) in [4.78, 5) is 0.122. The second-order valence-corrected chi connectivity index (χ2v) is 8.83. The molecule has 9 heteroatoms. The van der Waals surface area contributed by atoms with Crippen molar-refractivity contribution in [3.8, 4) is 0 Å². The van der Waals surface area contributed by atoms with E-state index in [1.807, 2.05) is 0 Å². The number of benzene rings is 1. The van der Waals surface area contributed by atoms with Crippen molar-refractivity contribution >= 4 is 20.0 Å². The van der Waals surface area contributed by atoms with Gasteiger partial charge in [0.15, 0.2) is 0 Å². The van der Waals surface area contributed by atoms with Crippen molar-refractivity contribution in [3.05, 3.63) is 30.3 Å². The predicted octanol–water partition coefficient (Wildman–Crippen LogP) is -0.364. The Morgan fingerprint density at radius 3 is 2.50 bits per heavy atom. The van der Waals surface area contributed by atoms with Crippen LogP contribution in [-0.2, 0) is 20.0 Å². The van der Waals surface area contributed by atoms with Gasteiger partial charge in [0, 0.05) is 19.1 Å². The quantitative estimate of drug-likeness (QED) is 0.625. The SMILES string of the molecule is O=S(=O)(CCNS(=O)(=O)c1ccccc1)NC1CCCNC1. The van der Waals surface area contributed by atoms with Crippen LogP contribution >= 0.6 is 0 Å². The third-order valence-corrected chi connectivity index (χ3v) is 6.27. The molecule has 7 nitrogen and oxygen atoms in total. The van der Waals surface area contributed by atoms with E-state index in [9.17, 15) is 16.8 Å². The lowest BCUT2D eigenvalue weighted by molar-refractivity contribution is 0.428. The van der Waals surface area contributed by atoms with Crippen LogP contribution in [0, 0.1) is 0 Å². The van der Waals surface area contributed by atoms with Gasteiger partial charge in [0.05, 0.1) is 10.6 Å². The molecule has 1 aliphatic rings. The Kier molecular flexibility index (Phi) is 5.93. The number of hydrogen-bond acceptors (Lipinski definition) is 5. The van der Waals surface area contributed by atoms with E-state index in [0.29, 0.717) is 6.54 Å². The van der Waals surface area contributed by atoms with Gasteiger partial charge < -0.3 is 5.32 Å². The van der Waals surface area contributed by atoms with Crippen LogP contribution in [0.5, 0.6) is 0 Å². The van der Waals surface area contributed by atoms with Crippen LogP contribution in [0.1, 0.15) is 12.8 Å². The molecule has 22 heavy (non-hydrogen) atoms. The Balaban J connectivity index is 1.84. The van der Waals surface area contributed by atoms with Crippen LogP contribution in [-0.4, -0.2) is 48.3 Å². The summed E-state index contributed by atoms with van der Waals surface area (Å²) in [6.45, 7) is 1.34. The fraction of sp³-hybridized carbons (Fsp3) is 0.538. The molecule has 1 aromatic rings. The molecule has 0 saturated carbocycles. The standard InChI is InChI=1S/C13H21N3O4S2/c17-21(18,16-12-5-4-8-14-11-12)10-9-15-22(19,20)13-6-2-1-3-7-13/h1-3,6-7,12,14-16H,4-5,8-11H2. The molecule has 3 N–H and O–H groups in total. The van der Waals surface area contributed by atoms with Crippen molar-refractivity contribution in [1.29, 1.82) is 0 Å². The molecule has 1 saturated heterocycles. The van der Waals surface area contributed by atoms with E-state index in [1.54, 1.807) is 18.2 Å². The van der Waals surface area contributed by atoms with Crippen LogP contribution < -0.4 is 14.8 Å². The molecule has 2 rings (SSSR count). The van der Waals surface area contributed by atoms with Crippen LogP contribution in [0.4, 0.5) is 0 Å². The van der Waals surface area contributed by atoms with Gasteiger partial charge in [-0.1, -0.05) is 18.2 Å². The van der Waals surface area contributed by atoms with E-state index >= 15 is 0 Å². The van der Waals surface area contributed by atoms with Crippen LogP contribution in [0.2, 0.25) is 0 Å². The minimum absolute atomic E-state index is 0.121. The Labute approximate surface area is 131 Å². The fourth-order valence-electron chi connectivity index (χ4n) is 2.26. The van der Waals surface area contributed by atoms with Crippen molar-refractivity contribution in [2.45, 2.75) is 23.8 Å². The monoisotopic (exact) mass is 347 g/mol. The first-order valence-electron chi connectivity index (χ1n) is 7.14. The Hall–Kier alpha value is -1.00. The fourth-order valence-corrected chi connectivity index (χ4v) is 4.64. The average molecular weight is 347 g/mol. The summed E-state index contributed by atoms with van der Waals surface area (Å²) in [5.74, 6) is -0.282. The number of nitrogens with one attached hydrogen (secondary N) is 3. The summed E-state index contributed by atoms with van der Waals surface area (Å²) in [6.07, 6.45) is 1.72. The number of hydrogen-bond donors (Lipinski definition) is 3.